The summed E-state index contributed by atoms with van der Waals surface area (Å²) in [4.78, 5) is 32.7. The van der Waals surface area contributed by atoms with Crippen LogP contribution in [0, 0.1) is 5.92 Å². The van der Waals surface area contributed by atoms with Crippen LogP contribution in [0.3, 0.4) is 0 Å². The number of hydrogen-bond donors (Lipinski definition) is 2. The molecule has 1 saturated carbocycles. The molecule has 0 bridgehead atoms. The Hall–Kier alpha value is -3.75. The Morgan fingerprint density at radius 1 is 1.27 bits per heavy atom. The molecule has 41 heavy (non-hydrogen) atoms. The quantitative estimate of drug-likeness (QED) is 0.360. The third-order valence-electron chi connectivity index (χ3n) is 7.00. The summed E-state index contributed by atoms with van der Waals surface area (Å²) in [6.07, 6.45) is -1.15. The van der Waals surface area contributed by atoms with E-state index < -0.39 is 41.4 Å². The average molecular weight is 599 g/mol. The number of pyridine rings is 1. The zero-order valence-corrected chi connectivity index (χ0v) is 22.7. The number of aromatic nitrogens is 3. The molecule has 0 aromatic carbocycles. The SMILES string of the molecule is Cn1cc(NC(=O)[C@H](C[C@@H]2CCC(F)(F)C2)NC(=O)c2ccc(CN3CCOc4ncc(C(F)(F)F)cc43)s2)cn1. The molecule has 0 spiro atoms. The van der Waals surface area contributed by atoms with Crippen LogP contribution in [0.4, 0.5) is 33.3 Å². The molecule has 0 unspecified atom stereocenters. The van der Waals surface area contributed by atoms with Crippen molar-refractivity contribution in [2.24, 2.45) is 13.0 Å². The lowest BCUT2D eigenvalue weighted by Crippen LogP contribution is -2.44. The highest BCUT2D eigenvalue weighted by molar-refractivity contribution is 7.14. The van der Waals surface area contributed by atoms with Gasteiger partial charge in [-0.25, -0.2) is 13.8 Å². The molecule has 220 valence electrons. The van der Waals surface area contributed by atoms with Crippen LogP contribution in [0.1, 0.15) is 45.8 Å². The molecular weight excluding hydrogens is 571 g/mol. The lowest BCUT2D eigenvalue weighted by Gasteiger charge is -2.30. The largest absolute Gasteiger partial charge is 0.474 e. The first kappa shape index (κ1) is 28.8. The number of carbonyl (C=O) groups is 2. The minimum absolute atomic E-state index is 0.0464. The fourth-order valence-electron chi connectivity index (χ4n) is 5.00. The third kappa shape index (κ3) is 6.94. The van der Waals surface area contributed by atoms with Crippen LogP contribution in [-0.2, 0) is 24.6 Å². The van der Waals surface area contributed by atoms with E-state index in [2.05, 4.69) is 20.7 Å². The van der Waals surface area contributed by atoms with Crippen LogP contribution in [0.2, 0.25) is 0 Å². The molecular formula is C26H27F5N6O3S. The average Bonchev–Trinajstić information content (AvgIpc) is 3.63. The van der Waals surface area contributed by atoms with Gasteiger partial charge in [0.1, 0.15) is 18.3 Å². The van der Waals surface area contributed by atoms with Gasteiger partial charge in [0.25, 0.3) is 5.91 Å². The van der Waals surface area contributed by atoms with Crippen molar-refractivity contribution in [1.82, 2.24) is 20.1 Å². The molecule has 3 aromatic rings. The Balaban J connectivity index is 1.28. The summed E-state index contributed by atoms with van der Waals surface area (Å²) in [7, 11) is 1.67. The zero-order chi connectivity index (χ0) is 29.4. The van der Waals surface area contributed by atoms with Crippen LogP contribution in [0.25, 0.3) is 0 Å². The number of thiophene rings is 1. The topological polar surface area (TPSA) is 101 Å². The van der Waals surface area contributed by atoms with Crippen LogP contribution < -0.4 is 20.3 Å². The molecule has 2 amide bonds. The molecule has 4 heterocycles. The Bertz CT molecular complexity index is 1420. The summed E-state index contributed by atoms with van der Waals surface area (Å²) in [6.45, 7) is 0.759. The molecule has 15 heteroatoms. The summed E-state index contributed by atoms with van der Waals surface area (Å²) in [5.41, 5.74) is -0.291. The van der Waals surface area contributed by atoms with Gasteiger partial charge in [-0.1, -0.05) is 0 Å². The molecule has 3 aromatic heterocycles. The van der Waals surface area contributed by atoms with Crippen molar-refractivity contribution in [3.63, 3.8) is 0 Å². The first-order valence-corrected chi connectivity index (χ1v) is 13.7. The van der Waals surface area contributed by atoms with E-state index >= 15 is 0 Å². The van der Waals surface area contributed by atoms with Crippen molar-refractivity contribution in [2.75, 3.05) is 23.4 Å². The second-order valence-electron chi connectivity index (χ2n) is 10.2. The monoisotopic (exact) mass is 598 g/mol. The van der Waals surface area contributed by atoms with Crippen LogP contribution in [0.15, 0.2) is 36.8 Å². The van der Waals surface area contributed by atoms with E-state index in [0.717, 1.165) is 23.6 Å². The number of fused-ring (bicyclic) bond motifs is 1. The minimum atomic E-state index is -4.56. The van der Waals surface area contributed by atoms with E-state index in [1.165, 1.54) is 10.9 Å². The number of aryl methyl sites for hydroxylation is 1. The lowest BCUT2D eigenvalue weighted by molar-refractivity contribution is -0.137. The van der Waals surface area contributed by atoms with Crippen LogP contribution in [-0.4, -0.2) is 51.7 Å². The number of nitrogens with one attached hydrogen (secondary N) is 2. The van der Waals surface area contributed by atoms with Gasteiger partial charge in [0.15, 0.2) is 0 Å². The predicted octanol–water partition coefficient (Wildman–Crippen LogP) is 4.86. The molecule has 5 rings (SSSR count). The van der Waals surface area contributed by atoms with Gasteiger partial charge < -0.3 is 20.3 Å². The molecule has 0 saturated heterocycles. The molecule has 1 aliphatic carbocycles. The maximum Gasteiger partial charge on any atom is 0.417 e. The van der Waals surface area contributed by atoms with Gasteiger partial charge in [-0.2, -0.15) is 18.3 Å². The van der Waals surface area contributed by atoms with E-state index in [1.807, 2.05) is 0 Å². The highest BCUT2D eigenvalue weighted by Crippen LogP contribution is 2.41. The van der Waals surface area contributed by atoms with Gasteiger partial charge in [-0.3, -0.25) is 14.3 Å². The van der Waals surface area contributed by atoms with E-state index in [4.69, 9.17) is 4.74 Å². The minimum Gasteiger partial charge on any atom is -0.474 e. The maximum atomic E-state index is 13.8. The smallest absolute Gasteiger partial charge is 0.417 e. The lowest BCUT2D eigenvalue weighted by atomic mass is 9.97. The highest BCUT2D eigenvalue weighted by Gasteiger charge is 2.41. The van der Waals surface area contributed by atoms with Crippen molar-refractivity contribution < 1.29 is 36.3 Å². The number of amides is 2. The second-order valence-corrected chi connectivity index (χ2v) is 11.4. The number of halogens is 5. The first-order chi connectivity index (χ1) is 19.4. The first-order valence-electron chi connectivity index (χ1n) is 12.9. The molecule has 9 nitrogen and oxygen atoms in total. The van der Waals surface area contributed by atoms with Crippen molar-refractivity contribution in [1.29, 1.82) is 0 Å². The maximum absolute atomic E-state index is 13.8. The molecule has 1 fully saturated rings. The highest BCUT2D eigenvalue weighted by atomic mass is 32.1. The number of nitrogens with zero attached hydrogens (tertiary/aromatic N) is 4. The van der Waals surface area contributed by atoms with Gasteiger partial charge in [-0.15, -0.1) is 11.3 Å². The molecule has 2 atom stereocenters. The fraction of sp³-hybridized carbons (Fsp3) is 0.462. The van der Waals surface area contributed by atoms with Crippen molar-refractivity contribution in [2.45, 2.75) is 50.4 Å². The van der Waals surface area contributed by atoms with Gasteiger partial charge in [0, 0.05) is 37.2 Å². The van der Waals surface area contributed by atoms with E-state index in [9.17, 15) is 31.5 Å². The number of ether oxygens (including phenoxy) is 1. The number of hydrogen-bond acceptors (Lipinski definition) is 7. The normalized spacial score (nSPS) is 18.9. The van der Waals surface area contributed by atoms with E-state index in [-0.39, 0.29) is 55.3 Å². The van der Waals surface area contributed by atoms with Gasteiger partial charge >= 0.3 is 6.18 Å². The summed E-state index contributed by atoms with van der Waals surface area (Å²) in [5, 5.41) is 9.35. The van der Waals surface area contributed by atoms with Gasteiger partial charge in [0.2, 0.25) is 17.7 Å². The summed E-state index contributed by atoms with van der Waals surface area (Å²) in [5.74, 6) is -4.24. The third-order valence-corrected chi connectivity index (χ3v) is 8.07. The van der Waals surface area contributed by atoms with Crippen molar-refractivity contribution >= 4 is 34.5 Å². The van der Waals surface area contributed by atoms with Crippen LogP contribution in [0.5, 0.6) is 5.88 Å². The van der Waals surface area contributed by atoms with Crippen molar-refractivity contribution in [3.05, 3.63) is 52.1 Å². The Labute approximate surface area is 235 Å². The van der Waals surface area contributed by atoms with Gasteiger partial charge in [0.05, 0.1) is 35.4 Å². The van der Waals surface area contributed by atoms with E-state index in [0.29, 0.717) is 17.1 Å². The molecule has 2 N–H and O–H groups in total. The second kappa shape index (κ2) is 11.3. The Kier molecular flexibility index (Phi) is 7.90. The number of alkyl halides is 5. The summed E-state index contributed by atoms with van der Waals surface area (Å²) >= 11 is 1.12. The number of anilines is 2. The molecule has 1 aliphatic heterocycles. The summed E-state index contributed by atoms with van der Waals surface area (Å²) in [6, 6.07) is 3.16. The van der Waals surface area contributed by atoms with Crippen molar-refractivity contribution in [3.8, 4) is 5.88 Å². The molecule has 0 radical (unpaired) electrons. The summed E-state index contributed by atoms with van der Waals surface area (Å²) < 4.78 is 74.3. The fourth-order valence-corrected chi connectivity index (χ4v) is 5.92. The molecule has 2 aliphatic rings. The number of rotatable bonds is 8. The zero-order valence-electron chi connectivity index (χ0n) is 21.9. The predicted molar refractivity (Wildman–Crippen MR) is 140 cm³/mol. The standard InChI is InChI=1S/C26H27F5N6O3S/c1-36-13-17(12-33-36)34-22(38)19(8-15-4-5-25(27,28)10-15)35-23(39)21-3-2-18(41-21)14-37-6-7-40-24-20(37)9-16(11-32-24)26(29,30)31/h2-3,9,11-13,15,19H,4-8,10,14H2,1H3,(H,34,38)(H,35,39)/t15-,19-/m0/s1. The number of carbonyl (C=O) groups excluding carboxylic acids is 2. The van der Waals surface area contributed by atoms with Crippen LogP contribution >= 0.6 is 11.3 Å². The Morgan fingerprint density at radius 3 is 2.76 bits per heavy atom. The van der Waals surface area contributed by atoms with E-state index in [1.54, 1.807) is 30.3 Å². The Morgan fingerprint density at radius 2 is 2.07 bits per heavy atom. The van der Waals surface area contributed by atoms with Gasteiger partial charge in [-0.05, 0) is 37.0 Å².